The van der Waals surface area contributed by atoms with E-state index >= 15 is 0 Å². The van der Waals surface area contributed by atoms with Gasteiger partial charge in [-0.3, -0.25) is 0 Å². The highest BCUT2D eigenvalue weighted by Gasteiger charge is 2.22. The van der Waals surface area contributed by atoms with E-state index in [1.54, 1.807) is 0 Å². The molecule has 3 rings (SSSR count). The van der Waals surface area contributed by atoms with E-state index in [0.29, 0.717) is 32.8 Å². The molecule has 4 heteroatoms. The minimum absolute atomic E-state index is 0.109. The van der Waals surface area contributed by atoms with E-state index in [0.717, 1.165) is 18.5 Å². The van der Waals surface area contributed by atoms with E-state index in [1.165, 1.54) is 5.56 Å². The zero-order valence-electron chi connectivity index (χ0n) is 13.9. The first-order valence-electron chi connectivity index (χ1n) is 8.52. The molecule has 2 aromatic carbocycles. The molecule has 0 bridgehead atoms. The Morgan fingerprint density at radius 1 is 0.917 bits per heavy atom. The van der Waals surface area contributed by atoms with Gasteiger partial charge in [0.25, 0.3) is 0 Å². The molecule has 1 aliphatic heterocycles. The average Bonchev–Trinajstić information content (AvgIpc) is 2.67. The van der Waals surface area contributed by atoms with Crippen molar-refractivity contribution >= 4 is 6.03 Å². The number of urea groups is 1. The van der Waals surface area contributed by atoms with E-state index in [4.69, 9.17) is 4.74 Å². The highest BCUT2D eigenvalue weighted by Crippen LogP contribution is 2.11. The average molecular weight is 324 g/mol. The van der Waals surface area contributed by atoms with E-state index in [2.05, 4.69) is 24.3 Å². The topological polar surface area (TPSA) is 32.8 Å². The van der Waals surface area contributed by atoms with E-state index in [9.17, 15) is 4.79 Å². The largest absolute Gasteiger partial charge is 0.378 e. The molecule has 0 aromatic heterocycles. The lowest BCUT2D eigenvalue weighted by Gasteiger charge is -2.33. The van der Waals surface area contributed by atoms with Crippen LogP contribution < -0.4 is 0 Å². The highest BCUT2D eigenvalue weighted by atomic mass is 16.5. The quantitative estimate of drug-likeness (QED) is 0.846. The molecule has 24 heavy (non-hydrogen) atoms. The van der Waals surface area contributed by atoms with E-state index < -0.39 is 0 Å². The second kappa shape index (κ2) is 8.50. The Balaban J connectivity index is 1.68. The number of morpholine rings is 1. The molecule has 0 atom stereocenters. The van der Waals surface area contributed by atoms with Crippen LogP contribution in [0.3, 0.4) is 0 Å². The predicted molar refractivity (Wildman–Crippen MR) is 94.8 cm³/mol. The first kappa shape index (κ1) is 16.5. The Hall–Kier alpha value is -2.33. The van der Waals surface area contributed by atoms with Crippen molar-refractivity contribution in [2.24, 2.45) is 0 Å². The zero-order chi connectivity index (χ0) is 16.6. The van der Waals surface area contributed by atoms with Gasteiger partial charge >= 0.3 is 6.03 Å². The van der Waals surface area contributed by atoms with Crippen LogP contribution in [0.25, 0.3) is 0 Å². The van der Waals surface area contributed by atoms with Crippen LogP contribution in [0.15, 0.2) is 60.7 Å². The molecule has 1 aliphatic rings. The van der Waals surface area contributed by atoms with Crippen molar-refractivity contribution in [3.63, 3.8) is 0 Å². The molecule has 4 nitrogen and oxygen atoms in total. The number of hydrogen-bond donors (Lipinski definition) is 0. The maximum Gasteiger partial charge on any atom is 0.320 e. The van der Waals surface area contributed by atoms with Gasteiger partial charge in [-0.05, 0) is 17.5 Å². The summed E-state index contributed by atoms with van der Waals surface area (Å²) in [6.07, 6.45) is 0.865. The molecule has 2 amide bonds. The Morgan fingerprint density at radius 3 is 2.12 bits per heavy atom. The summed E-state index contributed by atoms with van der Waals surface area (Å²) in [6, 6.07) is 20.6. The zero-order valence-corrected chi connectivity index (χ0v) is 13.9. The summed E-state index contributed by atoms with van der Waals surface area (Å²) in [5.74, 6) is 0. The number of benzene rings is 2. The predicted octanol–water partition coefficient (Wildman–Crippen LogP) is 3.18. The first-order valence-corrected chi connectivity index (χ1v) is 8.52. The molecule has 126 valence electrons. The normalized spacial score (nSPS) is 14.4. The molecule has 0 unspecified atom stereocenters. The number of nitrogens with zero attached hydrogens (tertiary/aromatic N) is 2. The summed E-state index contributed by atoms with van der Waals surface area (Å²) in [7, 11) is 0. The van der Waals surface area contributed by atoms with E-state index in [-0.39, 0.29) is 6.03 Å². The third-order valence-corrected chi connectivity index (χ3v) is 4.28. The van der Waals surface area contributed by atoms with Gasteiger partial charge in [0.05, 0.1) is 13.2 Å². The number of carbonyl (C=O) groups is 1. The smallest absolute Gasteiger partial charge is 0.320 e. The fraction of sp³-hybridized carbons (Fsp3) is 0.350. The minimum atomic E-state index is 0.109. The summed E-state index contributed by atoms with van der Waals surface area (Å²) in [6.45, 7) is 3.97. The summed E-state index contributed by atoms with van der Waals surface area (Å²) in [4.78, 5) is 16.8. The van der Waals surface area contributed by atoms with Gasteiger partial charge in [0.2, 0.25) is 0 Å². The van der Waals surface area contributed by atoms with Crippen molar-refractivity contribution in [2.45, 2.75) is 13.0 Å². The van der Waals surface area contributed by atoms with Crippen LogP contribution in [-0.4, -0.2) is 48.7 Å². The molecule has 0 N–H and O–H groups in total. The number of ether oxygens (including phenoxy) is 1. The van der Waals surface area contributed by atoms with Crippen LogP contribution in [0, 0.1) is 0 Å². The maximum atomic E-state index is 12.9. The minimum Gasteiger partial charge on any atom is -0.378 e. The molecule has 0 aliphatic carbocycles. The molecule has 1 heterocycles. The van der Waals surface area contributed by atoms with Crippen molar-refractivity contribution in [3.8, 4) is 0 Å². The summed E-state index contributed by atoms with van der Waals surface area (Å²) < 4.78 is 5.36. The maximum absolute atomic E-state index is 12.9. The molecule has 0 radical (unpaired) electrons. The van der Waals surface area contributed by atoms with Crippen LogP contribution in [0.5, 0.6) is 0 Å². The summed E-state index contributed by atoms with van der Waals surface area (Å²) in [5.41, 5.74) is 2.41. The van der Waals surface area contributed by atoms with Crippen molar-refractivity contribution < 1.29 is 9.53 Å². The highest BCUT2D eigenvalue weighted by molar-refractivity contribution is 5.74. The van der Waals surface area contributed by atoms with Crippen LogP contribution >= 0.6 is 0 Å². The van der Waals surface area contributed by atoms with Crippen LogP contribution in [0.1, 0.15) is 11.1 Å². The third-order valence-electron chi connectivity index (χ3n) is 4.28. The van der Waals surface area contributed by atoms with Crippen LogP contribution in [-0.2, 0) is 17.7 Å². The second-order valence-corrected chi connectivity index (χ2v) is 6.02. The molecule has 0 spiro atoms. The van der Waals surface area contributed by atoms with Crippen LogP contribution in [0.4, 0.5) is 4.79 Å². The van der Waals surface area contributed by atoms with Gasteiger partial charge in [0, 0.05) is 26.2 Å². The van der Waals surface area contributed by atoms with Crippen LogP contribution in [0.2, 0.25) is 0 Å². The molecular formula is C20H24N2O2. The standard InChI is InChI=1S/C20H24N2O2/c23-20(21-13-15-24-16-14-21)22(17-19-9-5-2-6-10-19)12-11-18-7-3-1-4-8-18/h1-10H,11-17H2. The number of rotatable bonds is 5. The monoisotopic (exact) mass is 324 g/mol. The lowest BCUT2D eigenvalue weighted by atomic mass is 10.1. The molecule has 2 aromatic rings. The lowest BCUT2D eigenvalue weighted by Crippen LogP contribution is -2.48. The Labute approximate surface area is 143 Å². The lowest BCUT2D eigenvalue weighted by molar-refractivity contribution is 0.0427. The van der Waals surface area contributed by atoms with Crippen molar-refractivity contribution in [1.29, 1.82) is 0 Å². The Morgan fingerprint density at radius 2 is 1.50 bits per heavy atom. The van der Waals surface area contributed by atoms with Crippen molar-refractivity contribution in [1.82, 2.24) is 9.80 Å². The van der Waals surface area contributed by atoms with Crippen molar-refractivity contribution in [2.75, 3.05) is 32.8 Å². The Bertz CT molecular complexity index is 625. The van der Waals surface area contributed by atoms with Gasteiger partial charge in [0.1, 0.15) is 0 Å². The van der Waals surface area contributed by atoms with Gasteiger partial charge in [0.15, 0.2) is 0 Å². The number of carbonyl (C=O) groups excluding carboxylic acids is 1. The third kappa shape index (κ3) is 4.59. The fourth-order valence-corrected chi connectivity index (χ4v) is 2.91. The molecule has 1 saturated heterocycles. The van der Waals surface area contributed by atoms with Crippen molar-refractivity contribution in [3.05, 3.63) is 71.8 Å². The van der Waals surface area contributed by atoms with Gasteiger partial charge in [-0.2, -0.15) is 0 Å². The first-order chi connectivity index (χ1) is 11.8. The number of hydrogen-bond acceptors (Lipinski definition) is 2. The fourth-order valence-electron chi connectivity index (χ4n) is 2.91. The summed E-state index contributed by atoms with van der Waals surface area (Å²) in [5, 5.41) is 0. The molecule has 1 fully saturated rings. The summed E-state index contributed by atoms with van der Waals surface area (Å²) >= 11 is 0. The van der Waals surface area contributed by atoms with E-state index in [1.807, 2.05) is 46.2 Å². The van der Waals surface area contributed by atoms with Gasteiger partial charge in [-0.1, -0.05) is 60.7 Å². The Kier molecular flexibility index (Phi) is 5.85. The van der Waals surface area contributed by atoms with Gasteiger partial charge in [-0.25, -0.2) is 4.79 Å². The van der Waals surface area contributed by atoms with Gasteiger partial charge < -0.3 is 14.5 Å². The molecular weight excluding hydrogens is 300 g/mol. The second-order valence-electron chi connectivity index (χ2n) is 6.02. The SMILES string of the molecule is O=C(N1CCOCC1)N(CCc1ccccc1)Cc1ccccc1. The molecule has 0 saturated carbocycles. The van der Waals surface area contributed by atoms with Gasteiger partial charge in [-0.15, -0.1) is 0 Å². The number of amides is 2.